The molecule has 0 heterocycles. The van der Waals surface area contributed by atoms with E-state index in [1.54, 1.807) is 24.3 Å². The first-order valence-corrected chi connectivity index (χ1v) is 10.2. The standard InChI is InChI=1S/C19H25N3O3S/c1-21(17-12-8-5-9-13-17)15-14-20-19(23)18(22(2)26(3,24)25)16-10-6-4-7-11-16/h4-13,18H,14-15H2,1-3H3,(H,20,23)/t18-/m0/s1. The fraction of sp³-hybridized carbons (Fsp3) is 0.316. The maximum Gasteiger partial charge on any atom is 0.243 e. The second kappa shape index (κ2) is 8.82. The molecule has 0 fully saturated rings. The van der Waals surface area contributed by atoms with E-state index in [0.717, 1.165) is 16.2 Å². The van der Waals surface area contributed by atoms with Crippen LogP contribution in [0.15, 0.2) is 60.7 Å². The van der Waals surface area contributed by atoms with Gasteiger partial charge in [-0.15, -0.1) is 0 Å². The van der Waals surface area contributed by atoms with Crippen molar-refractivity contribution in [3.8, 4) is 0 Å². The van der Waals surface area contributed by atoms with Crippen molar-refractivity contribution in [2.24, 2.45) is 0 Å². The average molecular weight is 375 g/mol. The molecule has 0 saturated carbocycles. The summed E-state index contributed by atoms with van der Waals surface area (Å²) in [4.78, 5) is 14.7. The zero-order valence-corrected chi connectivity index (χ0v) is 16.1. The Balaban J connectivity index is 2.05. The molecule has 1 N–H and O–H groups in total. The normalized spacial score (nSPS) is 12.6. The number of benzene rings is 2. The zero-order valence-electron chi connectivity index (χ0n) is 15.3. The van der Waals surface area contributed by atoms with Crippen LogP contribution in [0, 0.1) is 0 Å². The van der Waals surface area contributed by atoms with Crippen molar-refractivity contribution in [3.63, 3.8) is 0 Å². The van der Waals surface area contributed by atoms with Crippen LogP contribution in [0.1, 0.15) is 11.6 Å². The van der Waals surface area contributed by atoms with Crippen LogP contribution < -0.4 is 10.2 Å². The molecule has 0 aromatic heterocycles. The molecule has 0 bridgehead atoms. The predicted octanol–water partition coefficient (Wildman–Crippen LogP) is 1.87. The largest absolute Gasteiger partial charge is 0.373 e. The van der Waals surface area contributed by atoms with Gasteiger partial charge in [0.05, 0.1) is 6.26 Å². The number of amides is 1. The number of nitrogens with zero attached hydrogens (tertiary/aromatic N) is 2. The third kappa shape index (κ3) is 5.31. The van der Waals surface area contributed by atoms with Crippen molar-refractivity contribution in [1.82, 2.24) is 9.62 Å². The van der Waals surface area contributed by atoms with Crippen LogP contribution >= 0.6 is 0 Å². The number of carbonyl (C=O) groups is 1. The number of sulfonamides is 1. The Labute approximate surface area is 155 Å². The molecule has 2 aromatic rings. The third-order valence-electron chi connectivity index (χ3n) is 4.19. The van der Waals surface area contributed by atoms with Crippen LogP contribution in [-0.2, 0) is 14.8 Å². The summed E-state index contributed by atoms with van der Waals surface area (Å²) < 4.78 is 25.0. The van der Waals surface area contributed by atoms with Crippen LogP contribution in [-0.4, -0.2) is 52.1 Å². The molecule has 0 aliphatic carbocycles. The van der Waals surface area contributed by atoms with E-state index in [4.69, 9.17) is 0 Å². The van der Waals surface area contributed by atoms with Crippen molar-refractivity contribution in [1.29, 1.82) is 0 Å². The van der Waals surface area contributed by atoms with E-state index in [2.05, 4.69) is 5.32 Å². The molecule has 26 heavy (non-hydrogen) atoms. The molecular weight excluding hydrogens is 350 g/mol. The fourth-order valence-electron chi connectivity index (χ4n) is 2.61. The molecule has 140 valence electrons. The van der Waals surface area contributed by atoms with E-state index in [9.17, 15) is 13.2 Å². The summed E-state index contributed by atoms with van der Waals surface area (Å²) in [5.41, 5.74) is 1.68. The number of para-hydroxylation sites is 1. The number of carbonyl (C=O) groups excluding carboxylic acids is 1. The highest BCUT2D eigenvalue weighted by Gasteiger charge is 2.30. The lowest BCUT2D eigenvalue weighted by molar-refractivity contribution is -0.124. The summed E-state index contributed by atoms with van der Waals surface area (Å²) in [6, 6.07) is 17.9. The van der Waals surface area contributed by atoms with Gasteiger partial charge in [-0.1, -0.05) is 48.5 Å². The van der Waals surface area contributed by atoms with Gasteiger partial charge < -0.3 is 10.2 Å². The predicted molar refractivity (Wildman–Crippen MR) is 105 cm³/mol. The van der Waals surface area contributed by atoms with Crippen LogP contribution in [0.2, 0.25) is 0 Å². The lowest BCUT2D eigenvalue weighted by atomic mass is 10.1. The van der Waals surface area contributed by atoms with Crippen molar-refractivity contribution >= 4 is 21.6 Å². The van der Waals surface area contributed by atoms with E-state index in [0.29, 0.717) is 18.7 Å². The second-order valence-electron chi connectivity index (χ2n) is 6.14. The molecule has 0 unspecified atom stereocenters. The maximum atomic E-state index is 12.7. The lowest BCUT2D eigenvalue weighted by Crippen LogP contribution is -2.43. The SMILES string of the molecule is CN(CCNC(=O)[C@H](c1ccccc1)N(C)S(C)(=O)=O)c1ccccc1. The molecule has 6 nitrogen and oxygen atoms in total. The number of likely N-dealkylation sites (N-methyl/N-ethyl adjacent to an activating group) is 2. The number of rotatable bonds is 8. The van der Waals surface area contributed by atoms with Crippen LogP contribution in [0.3, 0.4) is 0 Å². The summed E-state index contributed by atoms with van der Waals surface area (Å²) in [5, 5.41) is 2.85. The van der Waals surface area contributed by atoms with Gasteiger partial charge >= 0.3 is 0 Å². The minimum Gasteiger partial charge on any atom is -0.373 e. The van der Waals surface area contributed by atoms with Gasteiger partial charge in [0, 0.05) is 32.9 Å². The van der Waals surface area contributed by atoms with Crippen molar-refractivity contribution in [2.75, 3.05) is 38.3 Å². The van der Waals surface area contributed by atoms with E-state index in [1.165, 1.54) is 7.05 Å². The molecule has 0 saturated heterocycles. The van der Waals surface area contributed by atoms with Gasteiger partial charge in [0.1, 0.15) is 6.04 Å². The van der Waals surface area contributed by atoms with Gasteiger partial charge in [-0.25, -0.2) is 8.42 Å². The Morgan fingerprint density at radius 3 is 2.08 bits per heavy atom. The molecule has 7 heteroatoms. The molecule has 1 atom stereocenters. The molecule has 2 rings (SSSR count). The van der Waals surface area contributed by atoms with Crippen LogP contribution in [0.4, 0.5) is 5.69 Å². The zero-order chi connectivity index (χ0) is 19.2. The minimum absolute atomic E-state index is 0.342. The van der Waals surface area contributed by atoms with Crippen molar-refractivity contribution in [3.05, 3.63) is 66.2 Å². The first kappa shape index (κ1) is 19.9. The first-order valence-electron chi connectivity index (χ1n) is 8.32. The number of nitrogens with one attached hydrogen (secondary N) is 1. The third-order valence-corrected chi connectivity index (χ3v) is 5.45. The molecule has 0 aliphatic rings. The number of hydrogen-bond acceptors (Lipinski definition) is 4. The summed E-state index contributed by atoms with van der Waals surface area (Å²) in [6.07, 6.45) is 1.10. The van der Waals surface area contributed by atoms with Crippen LogP contribution in [0.5, 0.6) is 0 Å². The summed E-state index contributed by atoms with van der Waals surface area (Å²) in [6.45, 7) is 1.02. The highest BCUT2D eigenvalue weighted by Crippen LogP contribution is 2.21. The van der Waals surface area contributed by atoms with Gasteiger partial charge in [0.2, 0.25) is 15.9 Å². The summed E-state index contributed by atoms with van der Waals surface area (Å²) in [5.74, 6) is -0.342. The number of hydrogen-bond donors (Lipinski definition) is 1. The first-order chi connectivity index (χ1) is 12.3. The Morgan fingerprint density at radius 2 is 1.54 bits per heavy atom. The van der Waals surface area contributed by atoms with Gasteiger partial charge in [0.15, 0.2) is 0 Å². The molecular formula is C19H25N3O3S. The monoisotopic (exact) mass is 375 g/mol. The molecule has 1 amide bonds. The molecule has 2 aromatic carbocycles. The second-order valence-corrected chi connectivity index (χ2v) is 8.18. The Bertz CT molecular complexity index is 810. The van der Waals surface area contributed by atoms with Gasteiger partial charge in [-0.2, -0.15) is 4.31 Å². The van der Waals surface area contributed by atoms with Crippen molar-refractivity contribution in [2.45, 2.75) is 6.04 Å². The van der Waals surface area contributed by atoms with Gasteiger partial charge in [-0.05, 0) is 17.7 Å². The van der Waals surface area contributed by atoms with Crippen LogP contribution in [0.25, 0.3) is 0 Å². The van der Waals surface area contributed by atoms with Gasteiger partial charge in [-0.3, -0.25) is 4.79 Å². The van der Waals surface area contributed by atoms with Gasteiger partial charge in [0.25, 0.3) is 0 Å². The quantitative estimate of drug-likeness (QED) is 0.765. The molecule has 0 radical (unpaired) electrons. The smallest absolute Gasteiger partial charge is 0.243 e. The Hall–Kier alpha value is -2.38. The maximum absolute atomic E-state index is 12.7. The van der Waals surface area contributed by atoms with Crippen molar-refractivity contribution < 1.29 is 13.2 Å². The van der Waals surface area contributed by atoms with E-state index in [1.807, 2.05) is 48.3 Å². The van der Waals surface area contributed by atoms with E-state index >= 15 is 0 Å². The molecule has 0 spiro atoms. The summed E-state index contributed by atoms with van der Waals surface area (Å²) >= 11 is 0. The minimum atomic E-state index is -3.52. The highest BCUT2D eigenvalue weighted by molar-refractivity contribution is 7.88. The molecule has 0 aliphatic heterocycles. The van der Waals surface area contributed by atoms with E-state index in [-0.39, 0.29) is 5.91 Å². The average Bonchev–Trinajstić information content (AvgIpc) is 2.62. The Kier molecular flexibility index (Phi) is 6.76. The number of anilines is 1. The highest BCUT2D eigenvalue weighted by atomic mass is 32.2. The summed E-state index contributed by atoms with van der Waals surface area (Å²) in [7, 11) is -0.155. The lowest BCUT2D eigenvalue weighted by Gasteiger charge is -2.26. The topological polar surface area (TPSA) is 69.7 Å². The van der Waals surface area contributed by atoms with E-state index < -0.39 is 16.1 Å². The fourth-order valence-corrected chi connectivity index (χ4v) is 3.21. The Morgan fingerprint density at radius 1 is 1.00 bits per heavy atom.